The minimum absolute atomic E-state index is 0.105. The summed E-state index contributed by atoms with van der Waals surface area (Å²) < 4.78 is 28.7. The van der Waals surface area contributed by atoms with Gasteiger partial charge in [0.2, 0.25) is 5.95 Å². The molecule has 0 atom stereocenters. The first-order chi connectivity index (χ1) is 13.4. The minimum atomic E-state index is -3.55. The van der Waals surface area contributed by atoms with Crippen molar-refractivity contribution in [3.63, 3.8) is 0 Å². The summed E-state index contributed by atoms with van der Waals surface area (Å²) in [5, 5.41) is 0.105. The van der Waals surface area contributed by atoms with Gasteiger partial charge in [0.05, 0.1) is 6.33 Å². The molecule has 0 unspecified atom stereocenters. The summed E-state index contributed by atoms with van der Waals surface area (Å²) in [6.07, 6.45) is 6.67. The average Bonchev–Trinajstić information content (AvgIpc) is 3.15. The van der Waals surface area contributed by atoms with Gasteiger partial charge in [-0.25, -0.2) is 18.4 Å². The van der Waals surface area contributed by atoms with Gasteiger partial charge >= 0.3 is 0 Å². The first-order valence-electron chi connectivity index (χ1n) is 9.77. The number of aryl methyl sites for hydroxylation is 2. The van der Waals surface area contributed by atoms with Gasteiger partial charge in [0.1, 0.15) is 5.82 Å². The van der Waals surface area contributed by atoms with Crippen molar-refractivity contribution < 1.29 is 8.42 Å². The van der Waals surface area contributed by atoms with Crippen LogP contribution in [0.4, 0.5) is 11.8 Å². The van der Waals surface area contributed by atoms with E-state index in [2.05, 4.69) is 19.8 Å². The molecular formula is C18H27N7O2S. The van der Waals surface area contributed by atoms with Crippen LogP contribution in [0.25, 0.3) is 0 Å². The monoisotopic (exact) mass is 405 g/mol. The number of piperidine rings is 1. The molecule has 2 aromatic rings. The fourth-order valence-electron chi connectivity index (χ4n) is 3.75. The molecule has 28 heavy (non-hydrogen) atoms. The summed E-state index contributed by atoms with van der Waals surface area (Å²) >= 11 is 0. The third-order valence-electron chi connectivity index (χ3n) is 5.32. The molecule has 0 spiro atoms. The van der Waals surface area contributed by atoms with Gasteiger partial charge in [-0.15, -0.1) is 0 Å². The number of piperazine rings is 1. The Bertz CT molecular complexity index is 929. The SMILES string of the molecule is Cc1cc(N2CCN(S(=O)(=O)c3cn(C)cn3)CC2)nc(N2CCCCC2)n1. The lowest BCUT2D eigenvalue weighted by atomic mass is 10.1. The van der Waals surface area contributed by atoms with E-state index in [4.69, 9.17) is 4.98 Å². The summed E-state index contributed by atoms with van der Waals surface area (Å²) in [7, 11) is -1.78. The smallest absolute Gasteiger partial charge is 0.262 e. The van der Waals surface area contributed by atoms with Gasteiger partial charge in [-0.2, -0.15) is 9.29 Å². The zero-order chi connectivity index (χ0) is 19.7. The first-order valence-corrected chi connectivity index (χ1v) is 11.2. The van der Waals surface area contributed by atoms with E-state index in [1.807, 2.05) is 13.0 Å². The zero-order valence-corrected chi connectivity index (χ0v) is 17.3. The van der Waals surface area contributed by atoms with Crippen LogP contribution in [0.5, 0.6) is 0 Å². The number of aromatic nitrogens is 4. The highest BCUT2D eigenvalue weighted by Crippen LogP contribution is 2.23. The predicted molar refractivity (Wildman–Crippen MR) is 107 cm³/mol. The van der Waals surface area contributed by atoms with E-state index in [0.29, 0.717) is 26.2 Å². The van der Waals surface area contributed by atoms with E-state index in [1.165, 1.54) is 29.9 Å². The van der Waals surface area contributed by atoms with E-state index in [9.17, 15) is 8.42 Å². The molecule has 4 rings (SSSR count). The molecule has 0 amide bonds. The number of hydrogen-bond donors (Lipinski definition) is 0. The number of hydrogen-bond acceptors (Lipinski definition) is 7. The maximum atomic E-state index is 12.8. The molecule has 2 saturated heterocycles. The maximum Gasteiger partial charge on any atom is 0.262 e. The van der Waals surface area contributed by atoms with Crippen molar-refractivity contribution in [2.45, 2.75) is 31.2 Å². The van der Waals surface area contributed by atoms with Crippen molar-refractivity contribution in [1.82, 2.24) is 23.8 Å². The van der Waals surface area contributed by atoms with Crippen LogP contribution in [0, 0.1) is 6.92 Å². The van der Waals surface area contributed by atoms with E-state index >= 15 is 0 Å². The molecule has 0 radical (unpaired) electrons. The molecule has 0 saturated carbocycles. The second-order valence-electron chi connectivity index (χ2n) is 7.48. The summed E-state index contributed by atoms with van der Waals surface area (Å²) in [5.74, 6) is 1.67. The maximum absolute atomic E-state index is 12.8. The van der Waals surface area contributed by atoms with Crippen molar-refractivity contribution in [3.05, 3.63) is 24.3 Å². The standard InChI is InChI=1S/C18H27N7O2S/c1-15-12-16(21-18(20-15)24-6-4-3-5-7-24)23-8-10-25(11-9-23)28(26,27)17-13-22(2)14-19-17/h12-14H,3-11H2,1-2H3. The highest BCUT2D eigenvalue weighted by Gasteiger charge is 2.30. The van der Waals surface area contributed by atoms with Crippen molar-refractivity contribution >= 4 is 21.8 Å². The lowest BCUT2D eigenvalue weighted by molar-refractivity contribution is 0.382. The van der Waals surface area contributed by atoms with Crippen LogP contribution in [0.3, 0.4) is 0 Å². The first kappa shape index (κ1) is 19.1. The third kappa shape index (κ3) is 3.83. The Kier molecular flexibility index (Phi) is 5.24. The summed E-state index contributed by atoms with van der Waals surface area (Å²) in [6.45, 7) is 6.02. The van der Waals surface area contributed by atoms with Gasteiger partial charge in [-0.3, -0.25) is 0 Å². The van der Waals surface area contributed by atoms with Gasteiger partial charge in [0.15, 0.2) is 5.03 Å². The Morgan fingerprint density at radius 3 is 2.29 bits per heavy atom. The molecule has 10 heteroatoms. The van der Waals surface area contributed by atoms with Gasteiger partial charge in [0.25, 0.3) is 10.0 Å². The Labute approximate surface area is 166 Å². The van der Waals surface area contributed by atoms with Crippen LogP contribution in [0.2, 0.25) is 0 Å². The second-order valence-corrected chi connectivity index (χ2v) is 9.37. The summed E-state index contributed by atoms with van der Waals surface area (Å²) in [5.41, 5.74) is 0.939. The largest absolute Gasteiger partial charge is 0.354 e. The molecule has 2 aliphatic rings. The van der Waals surface area contributed by atoms with Crippen LogP contribution >= 0.6 is 0 Å². The molecule has 0 aliphatic carbocycles. The molecular weight excluding hydrogens is 378 g/mol. The molecule has 2 aliphatic heterocycles. The van der Waals surface area contributed by atoms with Gasteiger partial charge < -0.3 is 14.4 Å². The third-order valence-corrected chi connectivity index (χ3v) is 7.10. The molecule has 152 valence electrons. The topological polar surface area (TPSA) is 87.5 Å². The zero-order valence-electron chi connectivity index (χ0n) is 16.5. The number of imidazole rings is 1. The van der Waals surface area contributed by atoms with Crippen molar-refractivity contribution in [3.8, 4) is 0 Å². The molecule has 9 nitrogen and oxygen atoms in total. The van der Waals surface area contributed by atoms with Crippen LogP contribution in [0.1, 0.15) is 25.0 Å². The molecule has 0 aromatic carbocycles. The fourth-order valence-corrected chi connectivity index (χ4v) is 5.13. The van der Waals surface area contributed by atoms with Crippen molar-refractivity contribution in [2.75, 3.05) is 49.1 Å². The Morgan fingerprint density at radius 2 is 1.64 bits per heavy atom. The highest BCUT2D eigenvalue weighted by molar-refractivity contribution is 7.89. The van der Waals surface area contributed by atoms with E-state index in [1.54, 1.807) is 17.8 Å². The van der Waals surface area contributed by atoms with E-state index < -0.39 is 10.0 Å². The summed E-state index contributed by atoms with van der Waals surface area (Å²) in [6, 6.07) is 1.98. The minimum Gasteiger partial charge on any atom is -0.354 e. The molecule has 2 fully saturated rings. The Hall–Kier alpha value is -2.20. The molecule has 0 bridgehead atoms. The lowest BCUT2D eigenvalue weighted by Crippen LogP contribution is -2.49. The average molecular weight is 406 g/mol. The number of sulfonamides is 1. The van der Waals surface area contributed by atoms with Gasteiger partial charge in [-0.1, -0.05) is 0 Å². The normalized spacial score (nSPS) is 19.2. The Balaban J connectivity index is 1.47. The van der Waals surface area contributed by atoms with Crippen LogP contribution in [-0.4, -0.2) is 71.5 Å². The van der Waals surface area contributed by atoms with Crippen molar-refractivity contribution in [1.29, 1.82) is 0 Å². The van der Waals surface area contributed by atoms with Crippen molar-refractivity contribution in [2.24, 2.45) is 7.05 Å². The number of nitrogens with zero attached hydrogens (tertiary/aromatic N) is 7. The molecule has 2 aromatic heterocycles. The van der Waals surface area contributed by atoms with E-state index in [0.717, 1.165) is 30.5 Å². The summed E-state index contributed by atoms with van der Waals surface area (Å²) in [4.78, 5) is 17.8. The fraction of sp³-hybridized carbons (Fsp3) is 0.611. The number of anilines is 2. The lowest BCUT2D eigenvalue weighted by Gasteiger charge is -2.35. The van der Waals surface area contributed by atoms with E-state index in [-0.39, 0.29) is 5.03 Å². The number of rotatable bonds is 4. The van der Waals surface area contributed by atoms with Crippen LogP contribution < -0.4 is 9.80 Å². The molecule has 4 heterocycles. The Morgan fingerprint density at radius 1 is 0.929 bits per heavy atom. The van der Waals surface area contributed by atoms with Crippen LogP contribution in [-0.2, 0) is 17.1 Å². The van der Waals surface area contributed by atoms with Crippen LogP contribution in [0.15, 0.2) is 23.6 Å². The van der Waals surface area contributed by atoms with Gasteiger partial charge in [0, 0.05) is 64.3 Å². The highest BCUT2D eigenvalue weighted by atomic mass is 32.2. The predicted octanol–water partition coefficient (Wildman–Crippen LogP) is 1.02. The molecule has 0 N–H and O–H groups in total. The van der Waals surface area contributed by atoms with Gasteiger partial charge in [-0.05, 0) is 26.2 Å². The second kappa shape index (κ2) is 7.67. The quantitative estimate of drug-likeness (QED) is 0.750.